The zero-order valence-corrected chi connectivity index (χ0v) is 11.9. The molecule has 110 valence electrons. The average Bonchev–Trinajstić information content (AvgIpc) is 3.05. The number of carbonyl (C=O) groups excluding carboxylic acids is 1. The molecule has 1 aliphatic rings. The minimum Gasteiger partial charge on any atom is -0.480 e. The maximum absolute atomic E-state index is 12.2. The lowest BCUT2D eigenvalue weighted by Crippen LogP contribution is -2.36. The number of aromatic nitrogens is 1. The fourth-order valence-electron chi connectivity index (χ4n) is 3.04. The van der Waals surface area contributed by atoms with Crippen molar-refractivity contribution in [3.63, 3.8) is 0 Å². The first kappa shape index (κ1) is 14.6. The number of rotatable bonds is 6. The number of carboxylic acid groups (broad SMARTS) is 1. The van der Waals surface area contributed by atoms with Crippen LogP contribution in [0.2, 0.25) is 0 Å². The van der Waals surface area contributed by atoms with Crippen LogP contribution < -0.4 is 5.32 Å². The van der Waals surface area contributed by atoms with E-state index in [1.165, 1.54) is 30.3 Å². The summed E-state index contributed by atoms with van der Waals surface area (Å²) in [6.07, 6.45) is 7.50. The molecule has 5 heteroatoms. The summed E-state index contributed by atoms with van der Waals surface area (Å²) >= 11 is 0. The minimum absolute atomic E-state index is 0.184. The predicted molar refractivity (Wildman–Crippen MR) is 75.6 cm³/mol. The first-order valence-electron chi connectivity index (χ1n) is 7.21. The molecule has 1 amide bonds. The molecule has 5 nitrogen and oxygen atoms in total. The van der Waals surface area contributed by atoms with E-state index >= 15 is 0 Å². The van der Waals surface area contributed by atoms with Crippen molar-refractivity contribution in [2.45, 2.75) is 45.6 Å². The van der Waals surface area contributed by atoms with Crippen LogP contribution in [0.15, 0.2) is 18.3 Å². The smallest absolute Gasteiger partial charge is 0.323 e. The largest absolute Gasteiger partial charge is 0.480 e. The van der Waals surface area contributed by atoms with Crippen molar-refractivity contribution in [2.24, 2.45) is 5.41 Å². The van der Waals surface area contributed by atoms with Gasteiger partial charge in [0.15, 0.2) is 0 Å². The van der Waals surface area contributed by atoms with E-state index in [9.17, 15) is 9.59 Å². The van der Waals surface area contributed by atoms with Gasteiger partial charge in [-0.25, -0.2) is 0 Å². The Kier molecular flexibility index (Phi) is 4.47. The third-order valence-electron chi connectivity index (χ3n) is 4.41. The number of carboxylic acids is 1. The summed E-state index contributed by atoms with van der Waals surface area (Å²) in [7, 11) is 0. The molecule has 1 heterocycles. The highest BCUT2D eigenvalue weighted by molar-refractivity contribution is 5.93. The third kappa shape index (κ3) is 3.21. The van der Waals surface area contributed by atoms with E-state index < -0.39 is 5.97 Å². The predicted octanol–water partition coefficient (Wildman–Crippen LogP) is 2.27. The number of aliphatic carboxylic acids is 1. The number of hydrogen-bond acceptors (Lipinski definition) is 2. The molecule has 1 saturated carbocycles. The molecule has 1 aliphatic carbocycles. The second-order valence-corrected chi connectivity index (χ2v) is 5.66. The van der Waals surface area contributed by atoms with Crippen LogP contribution in [0.4, 0.5) is 0 Å². The molecule has 0 aromatic carbocycles. The number of nitrogens with one attached hydrogen (secondary N) is 1. The van der Waals surface area contributed by atoms with Crippen molar-refractivity contribution in [1.29, 1.82) is 0 Å². The van der Waals surface area contributed by atoms with E-state index in [0.29, 0.717) is 12.2 Å². The van der Waals surface area contributed by atoms with Gasteiger partial charge in [0.25, 0.3) is 5.91 Å². The fourth-order valence-corrected chi connectivity index (χ4v) is 3.04. The van der Waals surface area contributed by atoms with Crippen molar-refractivity contribution in [3.8, 4) is 0 Å². The van der Waals surface area contributed by atoms with Gasteiger partial charge >= 0.3 is 5.97 Å². The highest BCUT2D eigenvalue weighted by atomic mass is 16.4. The molecule has 1 aromatic heterocycles. The van der Waals surface area contributed by atoms with Crippen LogP contribution in [0.1, 0.15) is 49.5 Å². The Balaban J connectivity index is 1.98. The summed E-state index contributed by atoms with van der Waals surface area (Å²) in [5, 5.41) is 11.8. The lowest BCUT2D eigenvalue weighted by Gasteiger charge is -2.27. The SMILES string of the molecule is CCC1(CNC(=O)c2cccn2CC(=O)O)CCCC1. The van der Waals surface area contributed by atoms with Crippen LogP contribution in [-0.4, -0.2) is 28.1 Å². The lowest BCUT2D eigenvalue weighted by atomic mass is 9.83. The van der Waals surface area contributed by atoms with E-state index in [1.54, 1.807) is 18.3 Å². The monoisotopic (exact) mass is 278 g/mol. The van der Waals surface area contributed by atoms with E-state index in [2.05, 4.69) is 12.2 Å². The summed E-state index contributed by atoms with van der Waals surface area (Å²) in [6, 6.07) is 3.36. The zero-order chi connectivity index (χ0) is 14.6. The fraction of sp³-hybridized carbons (Fsp3) is 0.600. The van der Waals surface area contributed by atoms with Gasteiger partial charge in [-0.15, -0.1) is 0 Å². The minimum atomic E-state index is -0.948. The highest BCUT2D eigenvalue weighted by Crippen LogP contribution is 2.40. The van der Waals surface area contributed by atoms with E-state index in [0.717, 1.165) is 6.42 Å². The quantitative estimate of drug-likeness (QED) is 0.838. The van der Waals surface area contributed by atoms with Crippen LogP contribution >= 0.6 is 0 Å². The second-order valence-electron chi connectivity index (χ2n) is 5.66. The molecule has 0 radical (unpaired) electrons. The molecule has 2 rings (SSSR count). The number of nitrogens with zero attached hydrogens (tertiary/aromatic N) is 1. The Morgan fingerprint density at radius 2 is 2.10 bits per heavy atom. The third-order valence-corrected chi connectivity index (χ3v) is 4.41. The first-order chi connectivity index (χ1) is 9.56. The summed E-state index contributed by atoms with van der Waals surface area (Å²) in [4.78, 5) is 23.0. The maximum atomic E-state index is 12.2. The molecule has 0 spiro atoms. The van der Waals surface area contributed by atoms with Gasteiger partial charge in [0, 0.05) is 12.7 Å². The van der Waals surface area contributed by atoms with E-state index in [1.807, 2.05) is 0 Å². The Hall–Kier alpha value is -1.78. The van der Waals surface area contributed by atoms with Gasteiger partial charge in [0.05, 0.1) is 0 Å². The summed E-state index contributed by atoms with van der Waals surface area (Å²) in [5.41, 5.74) is 0.650. The van der Waals surface area contributed by atoms with Crippen molar-refractivity contribution in [1.82, 2.24) is 9.88 Å². The highest BCUT2D eigenvalue weighted by Gasteiger charge is 2.32. The molecular weight excluding hydrogens is 256 g/mol. The van der Waals surface area contributed by atoms with Gasteiger partial charge in [-0.1, -0.05) is 19.8 Å². The Labute approximate surface area is 119 Å². The first-order valence-corrected chi connectivity index (χ1v) is 7.21. The van der Waals surface area contributed by atoms with Gasteiger partial charge in [-0.3, -0.25) is 9.59 Å². The standard InChI is InChI=1S/C15H22N2O3/c1-2-15(7-3-4-8-15)11-16-14(20)12-6-5-9-17(12)10-13(18)19/h5-6,9H,2-4,7-8,10-11H2,1H3,(H,16,20)(H,18,19). The van der Waals surface area contributed by atoms with Crippen LogP contribution in [-0.2, 0) is 11.3 Å². The molecule has 20 heavy (non-hydrogen) atoms. The maximum Gasteiger partial charge on any atom is 0.323 e. The molecule has 0 atom stereocenters. The Bertz CT molecular complexity index is 487. The van der Waals surface area contributed by atoms with Gasteiger partial charge < -0.3 is 15.0 Å². The van der Waals surface area contributed by atoms with Crippen molar-refractivity contribution in [3.05, 3.63) is 24.0 Å². The zero-order valence-electron chi connectivity index (χ0n) is 11.9. The molecular formula is C15H22N2O3. The van der Waals surface area contributed by atoms with Crippen LogP contribution in [0.3, 0.4) is 0 Å². The number of hydrogen-bond donors (Lipinski definition) is 2. The molecule has 1 fully saturated rings. The lowest BCUT2D eigenvalue weighted by molar-refractivity contribution is -0.137. The van der Waals surface area contributed by atoms with Gasteiger partial charge in [-0.2, -0.15) is 0 Å². The topological polar surface area (TPSA) is 71.3 Å². The molecule has 0 aliphatic heterocycles. The second kappa shape index (κ2) is 6.11. The Morgan fingerprint density at radius 1 is 1.40 bits per heavy atom. The normalized spacial score (nSPS) is 17.1. The average molecular weight is 278 g/mol. The molecule has 0 saturated heterocycles. The van der Waals surface area contributed by atoms with Crippen LogP contribution in [0.25, 0.3) is 0 Å². The van der Waals surface area contributed by atoms with Gasteiger partial charge in [-0.05, 0) is 36.8 Å². The van der Waals surface area contributed by atoms with Gasteiger partial charge in [0.1, 0.15) is 12.2 Å². The molecule has 0 bridgehead atoms. The summed E-state index contributed by atoms with van der Waals surface area (Å²) < 4.78 is 1.46. The van der Waals surface area contributed by atoms with E-state index in [-0.39, 0.29) is 17.9 Å². The van der Waals surface area contributed by atoms with Crippen LogP contribution in [0, 0.1) is 5.41 Å². The Morgan fingerprint density at radius 3 is 2.70 bits per heavy atom. The van der Waals surface area contributed by atoms with Crippen LogP contribution in [0.5, 0.6) is 0 Å². The summed E-state index contributed by atoms with van der Waals surface area (Å²) in [6.45, 7) is 2.67. The molecule has 2 N–H and O–H groups in total. The van der Waals surface area contributed by atoms with Crippen molar-refractivity contribution >= 4 is 11.9 Å². The van der Waals surface area contributed by atoms with Crippen molar-refractivity contribution in [2.75, 3.05) is 6.54 Å². The number of amides is 1. The number of carbonyl (C=O) groups is 2. The van der Waals surface area contributed by atoms with Gasteiger partial charge in [0.2, 0.25) is 0 Å². The van der Waals surface area contributed by atoms with E-state index in [4.69, 9.17) is 5.11 Å². The summed E-state index contributed by atoms with van der Waals surface area (Å²) in [5.74, 6) is -1.13. The molecule has 1 aromatic rings. The molecule has 0 unspecified atom stereocenters. The van der Waals surface area contributed by atoms with Crippen molar-refractivity contribution < 1.29 is 14.7 Å².